The minimum absolute atomic E-state index is 0.0517. The average molecular weight is 684 g/mol. The Morgan fingerprint density at radius 2 is 1.72 bits per heavy atom. The number of thioether (sulfide) groups is 1. The number of piperidine rings is 1. The summed E-state index contributed by atoms with van der Waals surface area (Å²) >= 11 is 14.3. The predicted molar refractivity (Wildman–Crippen MR) is 181 cm³/mol. The summed E-state index contributed by atoms with van der Waals surface area (Å²) < 4.78 is 7.44. The number of carbonyl (C=O) groups excluding carboxylic acids is 1. The van der Waals surface area contributed by atoms with E-state index in [1.54, 1.807) is 6.07 Å². The van der Waals surface area contributed by atoms with Crippen molar-refractivity contribution in [2.45, 2.75) is 44.2 Å². The number of hydrogen-bond acceptors (Lipinski definition) is 8. The third kappa shape index (κ3) is 8.58. The maximum Gasteiger partial charge on any atom is 0.306 e. The van der Waals surface area contributed by atoms with Gasteiger partial charge in [0.05, 0.1) is 33.1 Å². The molecule has 0 saturated carbocycles. The summed E-state index contributed by atoms with van der Waals surface area (Å²) in [4.78, 5) is 26.2. The van der Waals surface area contributed by atoms with Crippen LogP contribution >= 0.6 is 35.0 Å². The highest BCUT2D eigenvalue weighted by molar-refractivity contribution is 7.99. The fourth-order valence-corrected chi connectivity index (χ4v) is 6.29. The Hall–Kier alpha value is -3.64. The van der Waals surface area contributed by atoms with E-state index in [4.69, 9.17) is 33.0 Å². The molecule has 1 amide bonds. The molecule has 0 radical (unpaired) electrons. The predicted octanol–water partition coefficient (Wildman–Crippen LogP) is 6.84. The van der Waals surface area contributed by atoms with Crippen molar-refractivity contribution in [1.29, 1.82) is 0 Å². The van der Waals surface area contributed by atoms with E-state index < -0.39 is 5.97 Å². The molecule has 0 unspecified atom stereocenters. The van der Waals surface area contributed by atoms with Gasteiger partial charge in [0.25, 0.3) is 0 Å². The molecule has 2 heterocycles. The number of aromatic nitrogens is 4. The van der Waals surface area contributed by atoms with Crippen LogP contribution in [-0.2, 0) is 15.0 Å². The molecule has 4 aromatic rings. The largest absolute Gasteiger partial charge is 0.492 e. The van der Waals surface area contributed by atoms with Crippen LogP contribution in [0.5, 0.6) is 5.75 Å². The van der Waals surface area contributed by atoms with Crippen molar-refractivity contribution >= 4 is 52.5 Å². The first-order valence-corrected chi connectivity index (χ1v) is 16.7. The summed E-state index contributed by atoms with van der Waals surface area (Å²) in [5.74, 6) is -0.365. The number of rotatable bonds is 11. The van der Waals surface area contributed by atoms with Crippen molar-refractivity contribution < 1.29 is 19.4 Å². The van der Waals surface area contributed by atoms with Crippen LogP contribution in [0.1, 0.15) is 39.2 Å². The first kappa shape index (κ1) is 33.7. The number of benzene rings is 3. The number of halogens is 2. The third-order valence-electron chi connectivity index (χ3n) is 7.86. The fraction of sp³-hybridized carbons (Fsp3) is 0.364. The first-order valence-electron chi connectivity index (χ1n) is 15.0. The van der Waals surface area contributed by atoms with Gasteiger partial charge in [-0.2, -0.15) is 4.68 Å². The quantitative estimate of drug-likeness (QED) is 0.164. The number of carbonyl (C=O) groups is 2. The van der Waals surface area contributed by atoms with Crippen molar-refractivity contribution in [3.63, 3.8) is 0 Å². The molecule has 1 aromatic heterocycles. The summed E-state index contributed by atoms with van der Waals surface area (Å²) in [6, 6.07) is 19.0. The van der Waals surface area contributed by atoms with E-state index in [1.165, 1.54) is 16.4 Å². The highest BCUT2D eigenvalue weighted by atomic mass is 35.5. The Kier molecular flexibility index (Phi) is 10.9. The van der Waals surface area contributed by atoms with E-state index in [9.17, 15) is 9.59 Å². The molecule has 3 aromatic carbocycles. The van der Waals surface area contributed by atoms with Gasteiger partial charge in [0, 0.05) is 6.54 Å². The first-order chi connectivity index (χ1) is 22.0. The number of aliphatic carboxylic acids is 1. The lowest BCUT2D eigenvalue weighted by Crippen LogP contribution is -2.38. The van der Waals surface area contributed by atoms with E-state index in [0.29, 0.717) is 46.0 Å². The van der Waals surface area contributed by atoms with Crippen LogP contribution in [0.15, 0.2) is 65.8 Å². The van der Waals surface area contributed by atoms with Crippen LogP contribution in [0.2, 0.25) is 10.0 Å². The summed E-state index contributed by atoms with van der Waals surface area (Å²) in [5, 5.41) is 25.3. The van der Waals surface area contributed by atoms with Gasteiger partial charge in [-0.25, -0.2) is 0 Å². The number of carboxylic acids is 1. The lowest BCUT2D eigenvalue weighted by molar-refractivity contribution is -0.143. The number of nitrogens with zero attached hydrogens (tertiary/aromatic N) is 5. The second-order valence-electron chi connectivity index (χ2n) is 12.1. The van der Waals surface area contributed by atoms with Gasteiger partial charge in [-0.1, -0.05) is 80.0 Å². The number of tetrazole rings is 1. The minimum Gasteiger partial charge on any atom is -0.492 e. The Morgan fingerprint density at radius 3 is 2.37 bits per heavy atom. The summed E-state index contributed by atoms with van der Waals surface area (Å²) in [7, 11) is 0. The lowest BCUT2D eigenvalue weighted by atomic mass is 9.87. The van der Waals surface area contributed by atoms with Gasteiger partial charge >= 0.3 is 5.97 Å². The topological polar surface area (TPSA) is 122 Å². The Balaban J connectivity index is 1.11. The molecule has 0 spiro atoms. The van der Waals surface area contributed by atoms with Gasteiger partial charge in [0.2, 0.25) is 11.1 Å². The molecule has 0 atom stereocenters. The Labute approximate surface area is 282 Å². The van der Waals surface area contributed by atoms with Gasteiger partial charge < -0.3 is 15.2 Å². The van der Waals surface area contributed by atoms with Crippen molar-refractivity contribution in [1.82, 2.24) is 25.1 Å². The normalized spacial score (nSPS) is 14.3. The van der Waals surface area contributed by atoms with E-state index in [0.717, 1.165) is 42.1 Å². The fourth-order valence-electron chi connectivity index (χ4n) is 5.12. The van der Waals surface area contributed by atoms with E-state index >= 15 is 0 Å². The molecule has 1 aliphatic heterocycles. The number of anilines is 1. The second-order valence-corrected chi connectivity index (χ2v) is 13.9. The van der Waals surface area contributed by atoms with Crippen molar-refractivity contribution in [2.75, 3.05) is 37.3 Å². The number of ether oxygens (including phenoxy) is 1. The zero-order valence-corrected chi connectivity index (χ0v) is 28.2. The second kappa shape index (κ2) is 14.8. The highest BCUT2D eigenvalue weighted by Crippen LogP contribution is 2.32. The number of carboxylic acid groups (broad SMARTS) is 1. The van der Waals surface area contributed by atoms with Gasteiger partial charge in [-0.15, -0.1) is 5.10 Å². The van der Waals surface area contributed by atoms with Crippen molar-refractivity contribution in [3.05, 3.63) is 76.3 Å². The molecule has 1 saturated heterocycles. The zero-order valence-electron chi connectivity index (χ0n) is 25.9. The number of amides is 1. The number of nitrogens with one attached hydrogen (secondary N) is 1. The molecular formula is C33H36Cl2N6O4S. The molecule has 0 bridgehead atoms. The minimum atomic E-state index is -0.702. The summed E-state index contributed by atoms with van der Waals surface area (Å²) in [5.41, 5.74) is 4.04. The van der Waals surface area contributed by atoms with Crippen LogP contribution < -0.4 is 10.1 Å². The Morgan fingerprint density at radius 1 is 1.00 bits per heavy atom. The number of hydrogen-bond donors (Lipinski definition) is 2. The molecule has 46 heavy (non-hydrogen) atoms. The van der Waals surface area contributed by atoms with Gasteiger partial charge in [0.15, 0.2) is 0 Å². The highest BCUT2D eigenvalue weighted by Gasteiger charge is 2.24. The number of likely N-dealkylation sites (tertiary alicyclic amines) is 1. The van der Waals surface area contributed by atoms with Crippen LogP contribution in [0.4, 0.5) is 5.69 Å². The average Bonchev–Trinajstić information content (AvgIpc) is 3.49. The van der Waals surface area contributed by atoms with E-state index in [1.807, 2.05) is 54.6 Å². The summed E-state index contributed by atoms with van der Waals surface area (Å²) in [6.45, 7) is 9.18. The molecule has 1 aliphatic rings. The molecule has 5 rings (SSSR count). The lowest BCUT2D eigenvalue weighted by Gasteiger charge is -2.29. The van der Waals surface area contributed by atoms with Crippen LogP contribution in [0.3, 0.4) is 0 Å². The van der Waals surface area contributed by atoms with E-state index in [-0.39, 0.29) is 23.0 Å². The molecule has 2 N–H and O–H groups in total. The molecule has 242 valence electrons. The van der Waals surface area contributed by atoms with Crippen molar-refractivity contribution in [2.24, 2.45) is 5.92 Å². The molecule has 1 fully saturated rings. The molecule has 10 nitrogen and oxygen atoms in total. The van der Waals surface area contributed by atoms with E-state index in [2.05, 4.69) is 46.5 Å². The van der Waals surface area contributed by atoms with Gasteiger partial charge in [-0.05, 0) is 94.9 Å². The standard InChI is InChI=1S/C33H36Cl2N6O4S/c1-33(2,3)24-7-11-29(27(35)19-24)41-32(37-38-39-41)46-20-30(42)36-28-10-6-23(18-26(28)34)21-4-8-25(9-5-21)45-17-16-40-14-12-22(13-15-40)31(43)44/h4-11,18-19,22H,12-17,20H2,1-3H3,(H,36,42)(H,43,44). The van der Waals surface area contributed by atoms with Crippen LogP contribution in [0.25, 0.3) is 16.8 Å². The van der Waals surface area contributed by atoms with Gasteiger partial charge in [-0.3, -0.25) is 14.5 Å². The monoisotopic (exact) mass is 682 g/mol. The molecular weight excluding hydrogens is 647 g/mol. The summed E-state index contributed by atoms with van der Waals surface area (Å²) in [6.07, 6.45) is 1.36. The van der Waals surface area contributed by atoms with Gasteiger partial charge in [0.1, 0.15) is 12.4 Å². The zero-order chi connectivity index (χ0) is 32.8. The maximum atomic E-state index is 12.8. The maximum absolute atomic E-state index is 12.8. The van der Waals surface area contributed by atoms with Crippen molar-refractivity contribution in [3.8, 4) is 22.6 Å². The smallest absolute Gasteiger partial charge is 0.306 e. The molecule has 13 heteroatoms. The van der Waals surface area contributed by atoms with Crippen LogP contribution in [0, 0.1) is 5.92 Å². The van der Waals surface area contributed by atoms with Crippen LogP contribution in [-0.4, -0.2) is 74.1 Å². The SMILES string of the molecule is CC(C)(C)c1ccc(-n2nnnc2SCC(=O)Nc2ccc(-c3ccc(OCCN4CCC(C(=O)O)CC4)cc3)cc2Cl)c(Cl)c1. The Bertz CT molecular complexity index is 1680. The third-order valence-corrected chi connectivity index (χ3v) is 9.39. The molecule has 0 aliphatic carbocycles.